The second kappa shape index (κ2) is 51.4. The highest BCUT2D eigenvalue weighted by molar-refractivity contribution is 7.47. The van der Waals surface area contributed by atoms with Gasteiger partial charge in [-0.05, 0) is 70.6 Å². The first-order chi connectivity index (χ1) is 31.8. The molecule has 0 fully saturated rings. The van der Waals surface area contributed by atoms with Gasteiger partial charge < -0.3 is 20.1 Å². The molecule has 0 aromatic rings. The minimum Gasteiger partial charge on any atom is -0.462 e. The fourth-order valence-electron chi connectivity index (χ4n) is 7.71. The number of unbranched alkanes of at least 4 members (excludes halogenated alkanes) is 30. The number of hydrogen-bond donors (Lipinski definition) is 2. The molecule has 0 aromatic heterocycles. The first kappa shape index (κ1) is 63.0. The highest BCUT2D eigenvalue weighted by atomic mass is 31.2. The van der Waals surface area contributed by atoms with Gasteiger partial charge in [0.25, 0.3) is 0 Å². The van der Waals surface area contributed by atoms with Gasteiger partial charge in [-0.15, -0.1) is 0 Å². The standard InChI is InChI=1S/C55H102NO8P/c1-3-5-7-9-11-13-15-17-19-20-21-22-23-24-25-26-27-28-29-30-31-32-34-35-37-39-41-43-45-47-54(57)61-51-53(52-63-65(59,60)62-50-49-56)64-55(58)48-46-44-42-40-38-36-33-18-16-14-12-10-8-6-4-2/h6,8,12,14,18,20-21,33,53H,3-5,7,9-11,13,15-17,19,22-32,34-52,56H2,1-2H3,(H,59,60)/b8-6-,14-12-,21-20-,33-18-. The van der Waals surface area contributed by atoms with Crippen molar-refractivity contribution < 1.29 is 37.6 Å². The Kier molecular flexibility index (Phi) is 49.8. The van der Waals surface area contributed by atoms with E-state index in [1.807, 2.05) is 0 Å². The Hall–Kier alpha value is -2.03. The Bertz CT molecular complexity index is 1200. The second-order valence-electron chi connectivity index (χ2n) is 18.1. The van der Waals surface area contributed by atoms with Crippen LogP contribution in [0.1, 0.15) is 258 Å². The van der Waals surface area contributed by atoms with E-state index in [1.165, 1.54) is 154 Å². The molecule has 10 heteroatoms. The number of ether oxygens (including phenoxy) is 2. The van der Waals surface area contributed by atoms with E-state index in [-0.39, 0.29) is 38.6 Å². The van der Waals surface area contributed by atoms with Crippen LogP contribution in [-0.2, 0) is 32.7 Å². The van der Waals surface area contributed by atoms with Gasteiger partial charge in [-0.3, -0.25) is 18.6 Å². The van der Waals surface area contributed by atoms with E-state index >= 15 is 0 Å². The van der Waals surface area contributed by atoms with Gasteiger partial charge in [0.1, 0.15) is 6.61 Å². The summed E-state index contributed by atoms with van der Waals surface area (Å²) in [6.45, 7) is 3.63. The van der Waals surface area contributed by atoms with Gasteiger partial charge in [0, 0.05) is 19.4 Å². The van der Waals surface area contributed by atoms with Crippen molar-refractivity contribution in [2.75, 3.05) is 26.4 Å². The highest BCUT2D eigenvalue weighted by Crippen LogP contribution is 2.43. The third-order valence-corrected chi connectivity index (χ3v) is 12.7. The first-order valence-electron chi connectivity index (χ1n) is 27.1. The molecular formula is C55H102NO8P. The van der Waals surface area contributed by atoms with Gasteiger partial charge >= 0.3 is 19.8 Å². The smallest absolute Gasteiger partial charge is 0.462 e. The van der Waals surface area contributed by atoms with Gasteiger partial charge in [-0.25, -0.2) is 4.57 Å². The molecule has 0 heterocycles. The summed E-state index contributed by atoms with van der Waals surface area (Å²) in [4.78, 5) is 35.0. The molecule has 0 aromatic carbocycles. The lowest BCUT2D eigenvalue weighted by Gasteiger charge is -2.19. The lowest BCUT2D eigenvalue weighted by Crippen LogP contribution is -2.29. The number of carbonyl (C=O) groups is 2. The van der Waals surface area contributed by atoms with Crippen LogP contribution < -0.4 is 5.73 Å². The Morgan fingerprint density at radius 1 is 0.477 bits per heavy atom. The number of rotatable bonds is 51. The molecular weight excluding hydrogens is 834 g/mol. The van der Waals surface area contributed by atoms with Crippen LogP contribution in [-0.4, -0.2) is 49.3 Å². The van der Waals surface area contributed by atoms with Gasteiger partial charge in [0.05, 0.1) is 13.2 Å². The molecule has 0 aliphatic heterocycles. The van der Waals surface area contributed by atoms with Crippen molar-refractivity contribution in [3.05, 3.63) is 48.6 Å². The maximum absolute atomic E-state index is 12.6. The van der Waals surface area contributed by atoms with Crippen LogP contribution in [0.25, 0.3) is 0 Å². The van der Waals surface area contributed by atoms with Crippen LogP contribution in [0.2, 0.25) is 0 Å². The molecule has 0 saturated heterocycles. The summed E-state index contributed by atoms with van der Waals surface area (Å²) in [5.74, 6) is -0.840. The van der Waals surface area contributed by atoms with Gasteiger partial charge in [-0.2, -0.15) is 0 Å². The summed E-state index contributed by atoms with van der Waals surface area (Å²) in [5, 5.41) is 0. The molecule has 3 N–H and O–H groups in total. The van der Waals surface area contributed by atoms with E-state index in [2.05, 4.69) is 62.5 Å². The molecule has 0 spiro atoms. The highest BCUT2D eigenvalue weighted by Gasteiger charge is 2.26. The monoisotopic (exact) mass is 936 g/mol. The van der Waals surface area contributed by atoms with Crippen LogP contribution >= 0.6 is 7.82 Å². The van der Waals surface area contributed by atoms with Crippen molar-refractivity contribution >= 4 is 19.8 Å². The van der Waals surface area contributed by atoms with Gasteiger partial charge in [-0.1, -0.05) is 223 Å². The lowest BCUT2D eigenvalue weighted by molar-refractivity contribution is -0.161. The molecule has 0 aliphatic rings. The third-order valence-electron chi connectivity index (χ3n) is 11.7. The molecule has 65 heavy (non-hydrogen) atoms. The van der Waals surface area contributed by atoms with Gasteiger partial charge in [0.2, 0.25) is 0 Å². The van der Waals surface area contributed by atoms with Crippen LogP contribution in [0.15, 0.2) is 48.6 Å². The minimum atomic E-state index is -4.39. The second-order valence-corrected chi connectivity index (χ2v) is 19.5. The Morgan fingerprint density at radius 2 is 0.846 bits per heavy atom. The van der Waals surface area contributed by atoms with Crippen molar-refractivity contribution in [2.45, 2.75) is 264 Å². The summed E-state index contributed by atoms with van der Waals surface area (Å²) in [7, 11) is -4.39. The molecule has 2 unspecified atom stereocenters. The number of esters is 2. The topological polar surface area (TPSA) is 134 Å². The largest absolute Gasteiger partial charge is 0.472 e. The average Bonchev–Trinajstić information content (AvgIpc) is 3.30. The number of carbonyl (C=O) groups excluding carboxylic acids is 2. The van der Waals surface area contributed by atoms with E-state index in [0.29, 0.717) is 6.42 Å². The van der Waals surface area contributed by atoms with E-state index < -0.39 is 26.5 Å². The molecule has 380 valence electrons. The molecule has 0 saturated carbocycles. The summed E-state index contributed by atoms with van der Waals surface area (Å²) in [6, 6.07) is 0. The molecule has 0 rings (SSSR count). The molecule has 0 aliphatic carbocycles. The predicted octanol–water partition coefficient (Wildman–Crippen LogP) is 16.6. The molecule has 9 nitrogen and oxygen atoms in total. The first-order valence-corrected chi connectivity index (χ1v) is 28.6. The van der Waals surface area contributed by atoms with E-state index in [4.69, 9.17) is 24.3 Å². The number of hydrogen-bond acceptors (Lipinski definition) is 8. The summed E-state index contributed by atoms with van der Waals surface area (Å²) in [5.41, 5.74) is 5.37. The zero-order valence-corrected chi connectivity index (χ0v) is 43.1. The number of allylic oxidation sites excluding steroid dienone is 8. The maximum atomic E-state index is 12.6. The summed E-state index contributed by atoms with van der Waals surface area (Å²) < 4.78 is 32.9. The normalized spacial score (nSPS) is 13.5. The predicted molar refractivity (Wildman–Crippen MR) is 275 cm³/mol. The van der Waals surface area contributed by atoms with Crippen LogP contribution in [0.5, 0.6) is 0 Å². The van der Waals surface area contributed by atoms with Crippen molar-refractivity contribution in [3.8, 4) is 0 Å². The van der Waals surface area contributed by atoms with Crippen molar-refractivity contribution in [3.63, 3.8) is 0 Å². The number of phosphoric acid groups is 1. The van der Waals surface area contributed by atoms with E-state index in [1.54, 1.807) is 0 Å². The molecule has 0 radical (unpaired) electrons. The Labute approximate surface area is 400 Å². The lowest BCUT2D eigenvalue weighted by atomic mass is 10.0. The zero-order valence-electron chi connectivity index (χ0n) is 42.2. The van der Waals surface area contributed by atoms with Gasteiger partial charge in [0.15, 0.2) is 6.10 Å². The van der Waals surface area contributed by atoms with Crippen LogP contribution in [0.3, 0.4) is 0 Å². The van der Waals surface area contributed by atoms with Crippen molar-refractivity contribution in [1.29, 1.82) is 0 Å². The molecule has 0 amide bonds. The van der Waals surface area contributed by atoms with E-state index in [9.17, 15) is 19.0 Å². The van der Waals surface area contributed by atoms with Crippen LogP contribution in [0.4, 0.5) is 0 Å². The Balaban J connectivity index is 3.91. The number of nitrogens with two attached hydrogens (primary N) is 1. The fraction of sp³-hybridized carbons (Fsp3) is 0.818. The average molecular weight is 936 g/mol. The third kappa shape index (κ3) is 51.2. The quantitative estimate of drug-likeness (QED) is 0.0265. The summed E-state index contributed by atoms with van der Waals surface area (Å²) in [6.07, 6.45) is 61.8. The fourth-order valence-corrected chi connectivity index (χ4v) is 8.47. The Morgan fingerprint density at radius 3 is 1.28 bits per heavy atom. The minimum absolute atomic E-state index is 0.0499. The number of phosphoric ester groups is 1. The van der Waals surface area contributed by atoms with Crippen LogP contribution in [0, 0.1) is 0 Å². The van der Waals surface area contributed by atoms with Crippen molar-refractivity contribution in [2.24, 2.45) is 5.73 Å². The van der Waals surface area contributed by atoms with E-state index in [0.717, 1.165) is 70.6 Å². The maximum Gasteiger partial charge on any atom is 0.472 e. The molecule has 2 atom stereocenters. The SMILES string of the molecule is CC/C=C\C/C=C\C/C=C\CCCCCCCC(=O)OC(COC(=O)CCCCCCCCCCCCCCCCCCC/C=C\CCCCCCCCCC)COP(=O)(O)OCCN. The zero-order chi connectivity index (χ0) is 47.4. The van der Waals surface area contributed by atoms with Crippen molar-refractivity contribution in [1.82, 2.24) is 0 Å². The summed E-state index contributed by atoms with van der Waals surface area (Å²) >= 11 is 0. The molecule has 0 bridgehead atoms.